The van der Waals surface area contributed by atoms with Crippen molar-refractivity contribution in [3.63, 3.8) is 0 Å². The van der Waals surface area contributed by atoms with Gasteiger partial charge in [0.1, 0.15) is 6.61 Å². The van der Waals surface area contributed by atoms with E-state index in [1.807, 2.05) is 33.9 Å². The molecule has 2 rings (SSSR count). The molecule has 1 aliphatic heterocycles. The van der Waals surface area contributed by atoms with Crippen LogP contribution in [0.3, 0.4) is 0 Å². The third kappa shape index (κ3) is 4.63. The first-order valence-electron chi connectivity index (χ1n) is 8.65. The van der Waals surface area contributed by atoms with Gasteiger partial charge in [0.05, 0.1) is 0 Å². The van der Waals surface area contributed by atoms with Gasteiger partial charge in [0.25, 0.3) is 5.56 Å². The van der Waals surface area contributed by atoms with Crippen LogP contribution < -0.4 is 11.2 Å². The first-order valence-corrected chi connectivity index (χ1v) is 11.6. The van der Waals surface area contributed by atoms with Crippen molar-refractivity contribution in [3.8, 4) is 0 Å². The molecule has 2 heterocycles. The number of carbonyl (C=O) groups excluding carboxylic acids is 2. The summed E-state index contributed by atoms with van der Waals surface area (Å²) in [5.41, 5.74) is -1.27. The molecule has 1 aromatic heterocycles. The molecule has 0 aliphatic carbocycles. The van der Waals surface area contributed by atoms with Gasteiger partial charge >= 0.3 is 11.7 Å². The molecule has 0 unspecified atom stereocenters. The molecular weight excluding hydrogens is 372 g/mol. The Labute approximate surface area is 157 Å². The van der Waals surface area contributed by atoms with Gasteiger partial charge in [-0.05, 0) is 18.1 Å². The number of ether oxygens (including phenoxy) is 2. The van der Waals surface area contributed by atoms with E-state index in [2.05, 4.69) is 4.98 Å². The Balaban J connectivity index is 2.40. The van der Waals surface area contributed by atoms with Gasteiger partial charge in [-0.25, -0.2) is 4.79 Å². The van der Waals surface area contributed by atoms with E-state index in [4.69, 9.17) is 13.9 Å². The number of nitrogens with zero attached hydrogens (tertiary/aromatic N) is 1. The van der Waals surface area contributed by atoms with E-state index in [0.29, 0.717) is 0 Å². The lowest BCUT2D eigenvalue weighted by Crippen LogP contribution is -2.48. The summed E-state index contributed by atoms with van der Waals surface area (Å²) in [5, 5.41) is -0.179. The summed E-state index contributed by atoms with van der Waals surface area (Å²) in [7, 11) is -2.38. The predicted molar refractivity (Wildman–Crippen MR) is 98.9 cm³/mol. The average molecular weight is 398 g/mol. The maximum absolute atomic E-state index is 12.9. The summed E-state index contributed by atoms with van der Waals surface area (Å²) in [4.78, 5) is 49.6. The summed E-state index contributed by atoms with van der Waals surface area (Å²) in [6.45, 7) is 11.0. The average Bonchev–Trinajstić information content (AvgIpc) is 2.80. The number of ketones is 1. The van der Waals surface area contributed by atoms with Crippen molar-refractivity contribution in [2.75, 3.05) is 6.61 Å². The molecule has 10 heteroatoms. The van der Waals surface area contributed by atoms with E-state index < -0.39 is 49.8 Å². The second kappa shape index (κ2) is 7.53. The summed E-state index contributed by atoms with van der Waals surface area (Å²) in [6, 6.07) is 1.16. The van der Waals surface area contributed by atoms with Gasteiger partial charge in [0, 0.05) is 19.2 Å². The Morgan fingerprint density at radius 2 is 1.93 bits per heavy atom. The molecule has 27 heavy (non-hydrogen) atoms. The molecule has 1 fully saturated rings. The molecule has 0 spiro atoms. The number of aromatic nitrogens is 2. The van der Waals surface area contributed by atoms with Crippen LogP contribution in [0.4, 0.5) is 0 Å². The number of carbonyl (C=O) groups is 2. The highest BCUT2D eigenvalue weighted by Crippen LogP contribution is 2.40. The van der Waals surface area contributed by atoms with E-state index in [-0.39, 0.29) is 11.6 Å². The monoisotopic (exact) mass is 398 g/mol. The van der Waals surface area contributed by atoms with Crippen LogP contribution in [-0.2, 0) is 23.5 Å². The van der Waals surface area contributed by atoms with Gasteiger partial charge in [-0.15, -0.1) is 0 Å². The minimum Gasteiger partial charge on any atom is -0.463 e. The predicted octanol–water partition coefficient (Wildman–Crippen LogP) is 0.957. The second-order valence-corrected chi connectivity index (χ2v) is 12.8. The number of hydrogen-bond acceptors (Lipinski definition) is 7. The molecule has 1 aliphatic rings. The van der Waals surface area contributed by atoms with E-state index in [0.717, 1.165) is 10.6 Å². The lowest BCUT2D eigenvalue weighted by molar-refractivity contribution is -0.147. The zero-order valence-electron chi connectivity index (χ0n) is 16.4. The van der Waals surface area contributed by atoms with Gasteiger partial charge in [-0.2, -0.15) is 0 Å². The molecule has 0 amide bonds. The van der Waals surface area contributed by atoms with Crippen LogP contribution in [-0.4, -0.2) is 48.4 Å². The zero-order valence-corrected chi connectivity index (χ0v) is 17.4. The van der Waals surface area contributed by atoms with Gasteiger partial charge < -0.3 is 13.9 Å². The quantitative estimate of drug-likeness (QED) is 0.580. The Kier molecular flexibility index (Phi) is 5.93. The molecule has 1 aromatic rings. The highest BCUT2D eigenvalue weighted by molar-refractivity contribution is 6.74. The smallest absolute Gasteiger partial charge is 0.330 e. The second-order valence-electron chi connectivity index (χ2n) is 8.04. The van der Waals surface area contributed by atoms with Crippen LogP contribution in [0.1, 0.15) is 33.9 Å². The fraction of sp³-hybridized carbons (Fsp3) is 0.647. The molecule has 0 bridgehead atoms. The maximum atomic E-state index is 12.9. The largest absolute Gasteiger partial charge is 0.463 e. The summed E-state index contributed by atoms with van der Waals surface area (Å²) in [6.07, 6.45) is -1.89. The Bertz CT molecular complexity index is 837. The van der Waals surface area contributed by atoms with Crippen LogP contribution >= 0.6 is 0 Å². The molecule has 0 saturated carbocycles. The molecule has 0 aromatic carbocycles. The number of esters is 1. The molecule has 1 saturated heterocycles. The molecule has 9 nitrogen and oxygen atoms in total. The van der Waals surface area contributed by atoms with Crippen molar-refractivity contribution in [2.45, 2.75) is 64.3 Å². The number of hydrogen-bond donors (Lipinski definition) is 1. The van der Waals surface area contributed by atoms with E-state index in [9.17, 15) is 19.2 Å². The van der Waals surface area contributed by atoms with Gasteiger partial charge in [-0.1, -0.05) is 20.8 Å². The SMILES string of the molecule is CC(=O)OC[C@H]1O[C@@H](n2ccc(=O)[nH]c2=O)[C@H](O[Si](C)(C)C(C)(C)C)C1=O. The topological polar surface area (TPSA) is 117 Å². The highest BCUT2D eigenvalue weighted by atomic mass is 28.4. The van der Waals surface area contributed by atoms with Gasteiger partial charge in [-0.3, -0.25) is 23.9 Å². The van der Waals surface area contributed by atoms with Crippen LogP contribution in [0.2, 0.25) is 18.1 Å². The third-order valence-corrected chi connectivity index (χ3v) is 9.41. The van der Waals surface area contributed by atoms with Crippen LogP contribution in [0.15, 0.2) is 21.9 Å². The van der Waals surface area contributed by atoms with Gasteiger partial charge in [0.15, 0.2) is 32.5 Å². The fourth-order valence-electron chi connectivity index (χ4n) is 2.39. The third-order valence-electron chi connectivity index (χ3n) is 4.95. The van der Waals surface area contributed by atoms with Crippen molar-refractivity contribution < 1.29 is 23.5 Å². The molecular formula is C17H26N2O7Si. The van der Waals surface area contributed by atoms with Crippen molar-refractivity contribution in [1.29, 1.82) is 0 Å². The van der Waals surface area contributed by atoms with Gasteiger partial charge in [0.2, 0.25) is 0 Å². The molecule has 1 N–H and O–H groups in total. The van der Waals surface area contributed by atoms with E-state index in [1.165, 1.54) is 13.1 Å². The first kappa shape index (κ1) is 21.3. The van der Waals surface area contributed by atoms with Crippen LogP contribution in [0, 0.1) is 0 Å². The Hall–Kier alpha value is -2.04. The lowest BCUT2D eigenvalue weighted by Gasteiger charge is -2.38. The van der Waals surface area contributed by atoms with Crippen molar-refractivity contribution in [3.05, 3.63) is 33.1 Å². The number of nitrogens with one attached hydrogen (secondary N) is 1. The number of Topliss-reactive ketones (excluding diaryl/α,β-unsaturated/α-hetero) is 1. The number of H-pyrrole nitrogens is 1. The molecule has 150 valence electrons. The van der Waals surface area contributed by atoms with Crippen LogP contribution in [0.25, 0.3) is 0 Å². The maximum Gasteiger partial charge on any atom is 0.330 e. The lowest BCUT2D eigenvalue weighted by atomic mass is 10.2. The fourth-order valence-corrected chi connectivity index (χ4v) is 3.62. The Morgan fingerprint density at radius 3 is 2.44 bits per heavy atom. The van der Waals surface area contributed by atoms with E-state index >= 15 is 0 Å². The first-order chi connectivity index (χ1) is 12.3. The highest BCUT2D eigenvalue weighted by Gasteiger charge is 2.50. The number of aromatic amines is 1. The van der Waals surface area contributed by atoms with Crippen LogP contribution in [0.5, 0.6) is 0 Å². The van der Waals surface area contributed by atoms with Crippen molar-refractivity contribution in [1.82, 2.24) is 9.55 Å². The molecule has 3 atom stereocenters. The summed E-state index contributed by atoms with van der Waals surface area (Å²) in [5.74, 6) is -0.943. The standard InChI is InChI=1S/C17H26N2O7Si/c1-10(20)24-9-11-13(22)14(26-27(5,6)17(2,3)4)15(25-11)19-8-7-12(21)18-16(19)23/h7-8,11,14-15H,9H2,1-6H3,(H,18,21,23)/t11-,14-,15-/m1/s1. The normalized spacial score (nSPS) is 23.5. The van der Waals surface area contributed by atoms with E-state index in [1.54, 1.807) is 0 Å². The minimum absolute atomic E-state index is 0.179. The minimum atomic E-state index is -2.38. The molecule has 0 radical (unpaired) electrons. The summed E-state index contributed by atoms with van der Waals surface area (Å²) >= 11 is 0. The summed E-state index contributed by atoms with van der Waals surface area (Å²) < 4.78 is 18.0. The Morgan fingerprint density at radius 1 is 1.30 bits per heavy atom. The van der Waals surface area contributed by atoms with Crippen molar-refractivity contribution >= 4 is 20.1 Å². The van der Waals surface area contributed by atoms with Crippen molar-refractivity contribution in [2.24, 2.45) is 0 Å². The zero-order chi connectivity index (χ0) is 20.6. The number of rotatable bonds is 5.